The molecule has 0 heterocycles. The molecule has 0 aliphatic heterocycles. The first-order valence-corrected chi connectivity index (χ1v) is 8.94. The van der Waals surface area contributed by atoms with E-state index in [4.69, 9.17) is 11.1 Å². The molecule has 9 heteroatoms. The number of amidine groups is 1. The number of aromatic hydroxyl groups is 1. The Morgan fingerprint density at radius 2 is 1.79 bits per heavy atom. The summed E-state index contributed by atoms with van der Waals surface area (Å²) in [5, 5.41) is 17.1. The van der Waals surface area contributed by atoms with Gasteiger partial charge < -0.3 is 10.8 Å². The molecule has 0 bridgehead atoms. The van der Waals surface area contributed by atoms with Crippen LogP contribution in [0.5, 0.6) is 5.75 Å². The molecule has 5 N–H and O–H groups in total. The van der Waals surface area contributed by atoms with Crippen molar-refractivity contribution in [1.82, 2.24) is 0 Å². The number of phenols is 1. The summed E-state index contributed by atoms with van der Waals surface area (Å²) >= 11 is 0.853. The van der Waals surface area contributed by atoms with E-state index in [9.17, 15) is 13.5 Å². The molecule has 2 aromatic carbocycles. The lowest BCUT2D eigenvalue weighted by Gasteiger charge is -2.12. The van der Waals surface area contributed by atoms with Crippen LogP contribution in [-0.4, -0.2) is 18.7 Å². The number of hydrogen-bond acceptors (Lipinski definition) is 5. The first kappa shape index (κ1) is 20.1. The van der Waals surface area contributed by atoms with Gasteiger partial charge in [-0.2, -0.15) is 0 Å². The molecule has 2 aromatic rings. The summed E-state index contributed by atoms with van der Waals surface area (Å²) in [6.07, 6.45) is 0. The minimum atomic E-state index is -3.73. The van der Waals surface area contributed by atoms with Crippen molar-refractivity contribution < 1.29 is 13.5 Å². The van der Waals surface area contributed by atoms with E-state index in [0.29, 0.717) is 16.1 Å². The molecule has 0 spiro atoms. The summed E-state index contributed by atoms with van der Waals surface area (Å²) in [4.78, 5) is 0.466. The summed E-state index contributed by atoms with van der Waals surface area (Å²) in [7, 11) is -3.73. The number of rotatable bonds is 4. The Morgan fingerprint density at radius 3 is 2.33 bits per heavy atom. The SMILES string of the molecule is Cc1ccc(S(=O)(=O)Nc2cc(C)c(O)c(SC(=N)N)c2)cc1.Cl. The van der Waals surface area contributed by atoms with Gasteiger partial charge in [0.05, 0.1) is 15.5 Å². The second kappa shape index (κ2) is 7.78. The number of sulfonamides is 1. The van der Waals surface area contributed by atoms with Gasteiger partial charge in [0.1, 0.15) is 5.75 Å². The van der Waals surface area contributed by atoms with Crippen molar-refractivity contribution >= 4 is 45.0 Å². The third kappa shape index (κ3) is 4.80. The maximum atomic E-state index is 12.4. The van der Waals surface area contributed by atoms with Crippen molar-refractivity contribution in [3.05, 3.63) is 47.5 Å². The van der Waals surface area contributed by atoms with E-state index >= 15 is 0 Å². The Hall–Kier alpha value is -1.90. The van der Waals surface area contributed by atoms with Crippen molar-refractivity contribution in [1.29, 1.82) is 5.41 Å². The largest absolute Gasteiger partial charge is 0.506 e. The van der Waals surface area contributed by atoms with E-state index in [1.807, 2.05) is 6.92 Å². The maximum Gasteiger partial charge on any atom is 0.261 e. The normalized spacial score (nSPS) is 10.8. The van der Waals surface area contributed by atoms with Gasteiger partial charge in [0.15, 0.2) is 5.17 Å². The van der Waals surface area contributed by atoms with Gasteiger partial charge in [-0.1, -0.05) is 17.7 Å². The van der Waals surface area contributed by atoms with Crippen LogP contribution in [0.1, 0.15) is 11.1 Å². The minimum absolute atomic E-state index is 0. The second-order valence-corrected chi connectivity index (χ2v) is 7.79. The Morgan fingerprint density at radius 1 is 1.21 bits per heavy atom. The average molecular weight is 388 g/mol. The third-order valence-corrected chi connectivity index (χ3v) is 5.22. The van der Waals surface area contributed by atoms with Crippen molar-refractivity contribution in [2.45, 2.75) is 23.6 Å². The van der Waals surface area contributed by atoms with Crippen molar-refractivity contribution in [3.63, 3.8) is 0 Å². The zero-order chi connectivity index (χ0) is 17.2. The highest BCUT2D eigenvalue weighted by atomic mass is 35.5. The van der Waals surface area contributed by atoms with Crippen LogP contribution in [0.15, 0.2) is 46.2 Å². The number of halogens is 1. The molecule has 24 heavy (non-hydrogen) atoms. The molecule has 0 unspecified atom stereocenters. The van der Waals surface area contributed by atoms with Gasteiger partial charge in [0, 0.05) is 0 Å². The molecule has 0 radical (unpaired) electrons. The topological polar surface area (TPSA) is 116 Å². The van der Waals surface area contributed by atoms with E-state index in [0.717, 1.165) is 17.3 Å². The highest BCUT2D eigenvalue weighted by Crippen LogP contribution is 2.34. The predicted molar refractivity (Wildman–Crippen MR) is 99.9 cm³/mol. The zero-order valence-corrected chi connectivity index (χ0v) is 15.5. The molecule has 0 fully saturated rings. The van der Waals surface area contributed by atoms with E-state index < -0.39 is 10.0 Å². The molecule has 0 amide bonds. The molecule has 0 aliphatic carbocycles. The molecule has 130 valence electrons. The molecular weight excluding hydrogens is 370 g/mol. The van der Waals surface area contributed by atoms with Crippen LogP contribution in [0, 0.1) is 19.3 Å². The minimum Gasteiger partial charge on any atom is -0.506 e. The Balaban J connectivity index is 0.00000288. The summed E-state index contributed by atoms with van der Waals surface area (Å²) < 4.78 is 27.3. The fraction of sp³-hybridized carbons (Fsp3) is 0.133. The number of nitrogens with two attached hydrogens (primary N) is 1. The summed E-state index contributed by atoms with van der Waals surface area (Å²) in [6.45, 7) is 3.52. The Bertz CT molecular complexity index is 853. The zero-order valence-electron chi connectivity index (χ0n) is 13.0. The lowest BCUT2D eigenvalue weighted by atomic mass is 10.2. The van der Waals surface area contributed by atoms with Crippen LogP contribution in [0.4, 0.5) is 5.69 Å². The molecule has 0 aromatic heterocycles. The molecule has 0 atom stereocenters. The van der Waals surface area contributed by atoms with Crippen LogP contribution in [0.25, 0.3) is 0 Å². The van der Waals surface area contributed by atoms with Gasteiger partial charge in [0.2, 0.25) is 0 Å². The summed E-state index contributed by atoms with van der Waals surface area (Å²) in [5.41, 5.74) is 7.07. The van der Waals surface area contributed by atoms with Gasteiger partial charge in [-0.05, 0) is 55.4 Å². The van der Waals surface area contributed by atoms with Gasteiger partial charge in [-0.3, -0.25) is 10.1 Å². The van der Waals surface area contributed by atoms with Crippen molar-refractivity contribution in [2.24, 2.45) is 5.73 Å². The monoisotopic (exact) mass is 387 g/mol. The lowest BCUT2D eigenvalue weighted by Crippen LogP contribution is -2.13. The van der Waals surface area contributed by atoms with Gasteiger partial charge in [-0.15, -0.1) is 12.4 Å². The highest BCUT2D eigenvalue weighted by molar-refractivity contribution is 8.13. The number of benzene rings is 2. The van der Waals surface area contributed by atoms with Crippen molar-refractivity contribution in [2.75, 3.05) is 4.72 Å². The summed E-state index contributed by atoms with van der Waals surface area (Å²) in [5.74, 6) is -0.0246. The number of phenolic OH excluding ortho intramolecular Hbond substituents is 1. The van der Waals surface area contributed by atoms with E-state index in [-0.39, 0.29) is 28.2 Å². The standard InChI is InChI=1S/C15H17N3O3S2.ClH/c1-9-3-5-12(6-4-9)23(20,21)18-11-7-10(2)14(19)13(8-11)22-15(16)17;/h3-8,18-19H,1-2H3,(H3,16,17);1H. The van der Waals surface area contributed by atoms with Gasteiger partial charge in [0.25, 0.3) is 10.0 Å². The number of thioether (sulfide) groups is 1. The molecule has 2 rings (SSSR count). The Labute approximate surface area is 151 Å². The lowest BCUT2D eigenvalue weighted by molar-refractivity contribution is 0.458. The fourth-order valence-electron chi connectivity index (χ4n) is 1.93. The smallest absolute Gasteiger partial charge is 0.261 e. The second-order valence-electron chi connectivity index (χ2n) is 5.02. The number of nitrogens with one attached hydrogen (secondary N) is 2. The number of anilines is 1. The van der Waals surface area contributed by atoms with Crippen LogP contribution < -0.4 is 10.5 Å². The van der Waals surface area contributed by atoms with Crippen molar-refractivity contribution in [3.8, 4) is 5.75 Å². The first-order valence-electron chi connectivity index (χ1n) is 6.64. The molecular formula is C15H18ClN3O3S2. The maximum absolute atomic E-state index is 12.4. The highest BCUT2D eigenvalue weighted by Gasteiger charge is 2.16. The predicted octanol–water partition coefficient (Wildman–Crippen LogP) is 3.22. The third-order valence-electron chi connectivity index (χ3n) is 3.07. The first-order chi connectivity index (χ1) is 10.7. The van der Waals surface area contributed by atoms with Gasteiger partial charge >= 0.3 is 0 Å². The molecule has 0 saturated heterocycles. The molecule has 0 saturated carbocycles. The molecule has 6 nitrogen and oxygen atoms in total. The Kier molecular flexibility index (Phi) is 6.53. The van der Waals surface area contributed by atoms with Crippen LogP contribution in [-0.2, 0) is 10.0 Å². The fourth-order valence-corrected chi connectivity index (χ4v) is 3.65. The number of aryl methyl sites for hydroxylation is 2. The number of hydrogen-bond donors (Lipinski definition) is 4. The summed E-state index contributed by atoms with van der Waals surface area (Å²) in [6, 6.07) is 9.44. The molecule has 0 aliphatic rings. The van der Waals surface area contributed by atoms with Crippen LogP contribution in [0.3, 0.4) is 0 Å². The van der Waals surface area contributed by atoms with Crippen LogP contribution >= 0.6 is 24.2 Å². The average Bonchev–Trinajstić information content (AvgIpc) is 2.43. The van der Waals surface area contributed by atoms with E-state index in [2.05, 4.69) is 4.72 Å². The van der Waals surface area contributed by atoms with Crippen LogP contribution in [0.2, 0.25) is 0 Å². The van der Waals surface area contributed by atoms with Gasteiger partial charge in [-0.25, -0.2) is 8.42 Å². The quantitative estimate of drug-likeness (QED) is 0.278. The van der Waals surface area contributed by atoms with E-state index in [1.54, 1.807) is 19.1 Å². The van der Waals surface area contributed by atoms with E-state index in [1.165, 1.54) is 24.3 Å².